The summed E-state index contributed by atoms with van der Waals surface area (Å²) in [6, 6.07) is 0.435. The van der Waals surface area contributed by atoms with Crippen molar-refractivity contribution in [3.8, 4) is 0 Å². The fourth-order valence-corrected chi connectivity index (χ4v) is 3.67. The van der Waals surface area contributed by atoms with Crippen LogP contribution in [0.4, 0.5) is 0 Å². The van der Waals surface area contributed by atoms with Gasteiger partial charge in [0.25, 0.3) is 0 Å². The van der Waals surface area contributed by atoms with Crippen molar-refractivity contribution in [3.63, 3.8) is 0 Å². The average molecular weight is 247 g/mol. The number of methoxy groups -OCH3 is 1. The SMILES string of the molecule is COCCONC1CCOC2(CCSC2)C1. The van der Waals surface area contributed by atoms with Gasteiger partial charge in [0.05, 0.1) is 18.8 Å². The molecule has 0 amide bonds. The summed E-state index contributed by atoms with van der Waals surface area (Å²) in [6.07, 6.45) is 3.31. The van der Waals surface area contributed by atoms with Crippen molar-refractivity contribution in [2.45, 2.75) is 30.9 Å². The first kappa shape index (κ1) is 12.6. The van der Waals surface area contributed by atoms with Crippen LogP contribution in [0.2, 0.25) is 0 Å². The maximum absolute atomic E-state index is 5.94. The van der Waals surface area contributed by atoms with E-state index in [1.165, 1.54) is 12.2 Å². The molecule has 1 N–H and O–H groups in total. The normalized spacial score (nSPS) is 34.7. The zero-order valence-electron chi connectivity index (χ0n) is 9.87. The van der Waals surface area contributed by atoms with Gasteiger partial charge >= 0.3 is 0 Å². The minimum Gasteiger partial charge on any atom is -0.382 e. The molecule has 2 aliphatic heterocycles. The smallest absolute Gasteiger partial charge is 0.0915 e. The second kappa shape index (κ2) is 6.21. The molecule has 0 aromatic rings. The van der Waals surface area contributed by atoms with Crippen molar-refractivity contribution in [2.75, 3.05) is 38.4 Å². The van der Waals surface area contributed by atoms with E-state index in [0.29, 0.717) is 19.3 Å². The topological polar surface area (TPSA) is 39.7 Å². The number of hydrogen-bond acceptors (Lipinski definition) is 5. The van der Waals surface area contributed by atoms with E-state index in [1.54, 1.807) is 7.11 Å². The van der Waals surface area contributed by atoms with Crippen LogP contribution >= 0.6 is 11.8 Å². The van der Waals surface area contributed by atoms with E-state index in [0.717, 1.165) is 25.2 Å². The van der Waals surface area contributed by atoms with Gasteiger partial charge in [-0.25, -0.2) is 0 Å². The number of rotatable bonds is 5. The van der Waals surface area contributed by atoms with Crippen LogP contribution in [0.3, 0.4) is 0 Å². The lowest BCUT2D eigenvalue weighted by Crippen LogP contribution is -2.47. The van der Waals surface area contributed by atoms with Crippen molar-refractivity contribution in [2.24, 2.45) is 0 Å². The summed E-state index contributed by atoms with van der Waals surface area (Å²) in [5.41, 5.74) is 3.27. The highest BCUT2D eigenvalue weighted by Crippen LogP contribution is 2.38. The van der Waals surface area contributed by atoms with Gasteiger partial charge < -0.3 is 9.47 Å². The van der Waals surface area contributed by atoms with Gasteiger partial charge in [-0.05, 0) is 25.0 Å². The third-order valence-corrected chi connectivity index (χ3v) is 4.42. The predicted molar refractivity (Wildman–Crippen MR) is 64.6 cm³/mol. The van der Waals surface area contributed by atoms with Gasteiger partial charge in [-0.15, -0.1) is 0 Å². The Kier molecular flexibility index (Phi) is 4.91. The van der Waals surface area contributed by atoms with Gasteiger partial charge in [0, 0.05) is 25.5 Å². The quantitative estimate of drug-likeness (QED) is 0.584. The molecular formula is C11H21NO3S. The molecule has 0 bridgehead atoms. The Bertz CT molecular complexity index is 209. The lowest BCUT2D eigenvalue weighted by Gasteiger charge is -2.37. The van der Waals surface area contributed by atoms with E-state index >= 15 is 0 Å². The van der Waals surface area contributed by atoms with Gasteiger partial charge in [-0.1, -0.05) is 0 Å². The van der Waals surface area contributed by atoms with E-state index in [-0.39, 0.29) is 5.60 Å². The molecule has 0 radical (unpaired) electrons. The second-order valence-electron chi connectivity index (χ2n) is 4.48. The Hall–Kier alpha value is 0.190. The van der Waals surface area contributed by atoms with Crippen LogP contribution in [0.5, 0.6) is 0 Å². The molecular weight excluding hydrogens is 226 g/mol. The first-order chi connectivity index (χ1) is 7.85. The molecule has 0 saturated carbocycles. The zero-order valence-corrected chi connectivity index (χ0v) is 10.7. The Balaban J connectivity index is 1.70. The van der Waals surface area contributed by atoms with Gasteiger partial charge in [0.15, 0.2) is 0 Å². The molecule has 2 rings (SSSR count). The lowest BCUT2D eigenvalue weighted by atomic mass is 9.90. The summed E-state index contributed by atoms with van der Waals surface area (Å²) in [5.74, 6) is 2.38. The van der Waals surface area contributed by atoms with Crippen LogP contribution in [0.25, 0.3) is 0 Å². The van der Waals surface area contributed by atoms with Gasteiger partial charge in [-0.2, -0.15) is 17.2 Å². The predicted octanol–water partition coefficient (Wildman–Crippen LogP) is 1.21. The molecule has 5 heteroatoms. The van der Waals surface area contributed by atoms with E-state index < -0.39 is 0 Å². The number of hydrogen-bond donors (Lipinski definition) is 1. The van der Waals surface area contributed by atoms with Gasteiger partial charge in [0.2, 0.25) is 0 Å². The highest BCUT2D eigenvalue weighted by molar-refractivity contribution is 7.99. The molecule has 16 heavy (non-hydrogen) atoms. The monoisotopic (exact) mass is 247 g/mol. The molecule has 0 aliphatic carbocycles. The van der Waals surface area contributed by atoms with E-state index in [9.17, 15) is 0 Å². The van der Waals surface area contributed by atoms with Crippen LogP contribution in [0, 0.1) is 0 Å². The van der Waals surface area contributed by atoms with Crippen LogP contribution in [0.1, 0.15) is 19.3 Å². The Morgan fingerprint density at radius 3 is 3.19 bits per heavy atom. The standard InChI is InChI=1S/C11H21NO3S/c1-13-5-6-15-12-10-2-4-14-11(8-10)3-7-16-9-11/h10,12H,2-9H2,1H3. The van der Waals surface area contributed by atoms with Crippen molar-refractivity contribution in [1.82, 2.24) is 5.48 Å². The van der Waals surface area contributed by atoms with Gasteiger partial charge in [-0.3, -0.25) is 4.84 Å². The van der Waals surface area contributed by atoms with Crippen LogP contribution in [-0.4, -0.2) is 50.1 Å². The maximum atomic E-state index is 5.94. The molecule has 2 aliphatic rings. The first-order valence-electron chi connectivity index (χ1n) is 5.93. The molecule has 2 atom stereocenters. The number of hydroxylamine groups is 1. The summed E-state index contributed by atoms with van der Waals surface area (Å²) in [4.78, 5) is 5.38. The number of nitrogens with one attached hydrogen (secondary N) is 1. The Morgan fingerprint density at radius 2 is 2.44 bits per heavy atom. The molecule has 2 heterocycles. The number of thioether (sulfide) groups is 1. The Morgan fingerprint density at radius 1 is 1.50 bits per heavy atom. The summed E-state index contributed by atoms with van der Waals surface area (Å²) < 4.78 is 10.9. The number of ether oxygens (including phenoxy) is 2. The molecule has 0 aromatic heterocycles. The van der Waals surface area contributed by atoms with Crippen molar-refractivity contribution in [3.05, 3.63) is 0 Å². The van der Waals surface area contributed by atoms with E-state index in [2.05, 4.69) is 5.48 Å². The molecule has 2 unspecified atom stereocenters. The van der Waals surface area contributed by atoms with E-state index in [4.69, 9.17) is 14.3 Å². The zero-order chi connectivity index (χ0) is 11.3. The molecule has 1 spiro atoms. The second-order valence-corrected chi connectivity index (χ2v) is 5.59. The average Bonchev–Trinajstić information content (AvgIpc) is 2.73. The molecule has 2 fully saturated rings. The van der Waals surface area contributed by atoms with Crippen LogP contribution < -0.4 is 5.48 Å². The highest BCUT2D eigenvalue weighted by Gasteiger charge is 2.40. The van der Waals surface area contributed by atoms with Gasteiger partial charge in [0.1, 0.15) is 0 Å². The van der Waals surface area contributed by atoms with Crippen molar-refractivity contribution < 1.29 is 14.3 Å². The van der Waals surface area contributed by atoms with Crippen LogP contribution in [-0.2, 0) is 14.3 Å². The summed E-state index contributed by atoms with van der Waals surface area (Å²) in [7, 11) is 1.68. The first-order valence-corrected chi connectivity index (χ1v) is 7.08. The largest absolute Gasteiger partial charge is 0.382 e. The molecule has 4 nitrogen and oxygen atoms in total. The summed E-state index contributed by atoms with van der Waals surface area (Å²) >= 11 is 2.00. The lowest BCUT2D eigenvalue weighted by molar-refractivity contribution is -0.102. The minimum atomic E-state index is 0.130. The minimum absolute atomic E-state index is 0.130. The highest BCUT2D eigenvalue weighted by atomic mass is 32.2. The molecule has 94 valence electrons. The Labute approximate surface area is 101 Å². The van der Waals surface area contributed by atoms with Crippen molar-refractivity contribution >= 4 is 11.8 Å². The molecule has 0 aromatic carbocycles. The molecule has 2 saturated heterocycles. The fourth-order valence-electron chi connectivity index (χ4n) is 2.29. The van der Waals surface area contributed by atoms with Crippen molar-refractivity contribution in [1.29, 1.82) is 0 Å². The summed E-state index contributed by atoms with van der Waals surface area (Å²) in [6.45, 7) is 2.10. The third kappa shape index (κ3) is 3.34. The fraction of sp³-hybridized carbons (Fsp3) is 1.00. The summed E-state index contributed by atoms with van der Waals surface area (Å²) in [5, 5.41) is 0. The van der Waals surface area contributed by atoms with E-state index in [1.807, 2.05) is 11.8 Å². The third-order valence-electron chi connectivity index (χ3n) is 3.20. The van der Waals surface area contributed by atoms with Crippen LogP contribution in [0.15, 0.2) is 0 Å². The maximum Gasteiger partial charge on any atom is 0.0915 e.